The lowest BCUT2D eigenvalue weighted by Crippen LogP contribution is -2.31. The number of hydrogen-bond acceptors (Lipinski definition) is 5. The Morgan fingerprint density at radius 3 is 2.89 bits per heavy atom. The smallest absolute Gasteiger partial charge is 0.342 e. The van der Waals surface area contributed by atoms with Gasteiger partial charge in [0.15, 0.2) is 6.10 Å². The maximum absolute atomic E-state index is 12.2. The predicted octanol–water partition coefficient (Wildman–Crippen LogP) is 4.02. The Balaban J connectivity index is 2.03. The summed E-state index contributed by atoms with van der Waals surface area (Å²) in [5, 5.41) is 18.7. The predicted molar refractivity (Wildman–Crippen MR) is 107 cm³/mol. The highest BCUT2D eigenvalue weighted by Crippen LogP contribution is 2.51. The molecule has 3 atom stereocenters. The monoisotopic (exact) mass is 386 g/mol. The molecule has 1 aliphatic heterocycles. The van der Waals surface area contributed by atoms with Crippen LogP contribution >= 0.6 is 0 Å². The second kappa shape index (κ2) is 8.93. The first-order chi connectivity index (χ1) is 13.4. The zero-order valence-electron chi connectivity index (χ0n) is 16.7. The van der Waals surface area contributed by atoms with Crippen molar-refractivity contribution in [2.24, 2.45) is 5.92 Å². The van der Waals surface area contributed by atoms with Gasteiger partial charge in [0.25, 0.3) is 0 Å². The van der Waals surface area contributed by atoms with Crippen LogP contribution in [0.25, 0.3) is 0 Å². The number of carbonyl (C=O) groups is 1. The number of allylic oxidation sites excluding steroid dienone is 3. The van der Waals surface area contributed by atoms with Gasteiger partial charge in [0.05, 0.1) is 6.61 Å². The number of aliphatic hydroxyl groups excluding tert-OH is 2. The summed E-state index contributed by atoms with van der Waals surface area (Å²) in [6.07, 6.45) is 6.71. The number of rotatable bonds is 7. The number of esters is 1. The van der Waals surface area contributed by atoms with Crippen LogP contribution in [0.15, 0.2) is 36.1 Å². The number of unbranched alkanes of at least 4 members (excludes halogenated alkanes) is 2. The van der Waals surface area contributed by atoms with Crippen LogP contribution in [0, 0.1) is 5.92 Å². The summed E-state index contributed by atoms with van der Waals surface area (Å²) in [4.78, 5) is 12.2. The minimum absolute atomic E-state index is 0.0313. The molecular formula is C23H30O5. The first-order valence-electron chi connectivity index (χ1n) is 10.2. The van der Waals surface area contributed by atoms with Gasteiger partial charge < -0.3 is 19.7 Å². The zero-order valence-corrected chi connectivity index (χ0v) is 16.7. The minimum Gasteiger partial charge on any atom is -0.462 e. The molecule has 0 unspecified atom stereocenters. The van der Waals surface area contributed by atoms with E-state index >= 15 is 0 Å². The molecule has 0 amide bonds. The minimum atomic E-state index is -1.56. The van der Waals surface area contributed by atoms with Gasteiger partial charge in [0.2, 0.25) is 0 Å². The van der Waals surface area contributed by atoms with Crippen molar-refractivity contribution in [3.8, 4) is 11.5 Å². The molecule has 0 spiro atoms. The fraction of sp³-hybridized carbons (Fsp3) is 0.522. The molecule has 3 rings (SSSR count). The van der Waals surface area contributed by atoms with Gasteiger partial charge in [-0.3, -0.25) is 0 Å². The van der Waals surface area contributed by atoms with Crippen LogP contribution in [0.5, 0.6) is 11.5 Å². The van der Waals surface area contributed by atoms with Crippen molar-refractivity contribution in [2.45, 2.75) is 64.4 Å². The number of hydrogen-bond donors (Lipinski definition) is 2. The van der Waals surface area contributed by atoms with Gasteiger partial charge in [0.1, 0.15) is 17.3 Å². The maximum Gasteiger partial charge on any atom is 0.342 e. The number of carbonyl (C=O) groups excluding carboxylic acids is 1. The van der Waals surface area contributed by atoms with E-state index in [1.54, 1.807) is 0 Å². The number of aryl methyl sites for hydroxylation is 1. The second-order valence-corrected chi connectivity index (χ2v) is 7.83. The van der Waals surface area contributed by atoms with Crippen molar-refractivity contribution >= 4 is 5.97 Å². The molecule has 28 heavy (non-hydrogen) atoms. The normalized spacial score (nSPS) is 21.9. The van der Waals surface area contributed by atoms with Crippen molar-refractivity contribution in [3.05, 3.63) is 47.2 Å². The molecular weight excluding hydrogens is 356 g/mol. The molecule has 0 aromatic heterocycles. The highest BCUT2D eigenvalue weighted by Gasteiger charge is 2.38. The van der Waals surface area contributed by atoms with E-state index in [9.17, 15) is 9.90 Å². The molecule has 1 heterocycles. The van der Waals surface area contributed by atoms with Gasteiger partial charge in [-0.05, 0) is 50.3 Å². The molecule has 5 heteroatoms. The molecule has 2 N–H and O–H groups in total. The van der Waals surface area contributed by atoms with E-state index in [0.29, 0.717) is 11.5 Å². The van der Waals surface area contributed by atoms with Crippen molar-refractivity contribution in [1.29, 1.82) is 0 Å². The standard InChI is InChI=1S/C23H30O5/c1-4-5-6-7-16-11-20-22(21(12-16)28-23(26)19(25)13-24)18-10-14(2)8-9-17(18)15(3)27-20/h10-12,17-19,24-25H,3-9,13H2,1-2H3/t17-,18+,19+/m0/s1. The molecule has 152 valence electrons. The van der Waals surface area contributed by atoms with Gasteiger partial charge in [-0.15, -0.1) is 0 Å². The number of benzene rings is 1. The molecule has 0 bridgehead atoms. The summed E-state index contributed by atoms with van der Waals surface area (Å²) in [7, 11) is 0. The third-order valence-electron chi connectivity index (χ3n) is 5.62. The molecule has 0 saturated carbocycles. The highest BCUT2D eigenvalue weighted by atomic mass is 16.6. The van der Waals surface area contributed by atoms with E-state index in [-0.39, 0.29) is 11.8 Å². The molecule has 1 aromatic rings. The molecule has 1 aromatic carbocycles. The lowest BCUT2D eigenvalue weighted by molar-refractivity contribution is -0.145. The summed E-state index contributed by atoms with van der Waals surface area (Å²) in [5.74, 6) is 1.15. The molecule has 2 aliphatic rings. The molecule has 0 saturated heterocycles. The van der Waals surface area contributed by atoms with Gasteiger partial charge in [-0.2, -0.15) is 0 Å². The Morgan fingerprint density at radius 1 is 1.39 bits per heavy atom. The summed E-state index contributed by atoms with van der Waals surface area (Å²) >= 11 is 0. The Kier molecular flexibility index (Phi) is 6.57. The quantitative estimate of drug-likeness (QED) is 0.320. The summed E-state index contributed by atoms with van der Waals surface area (Å²) in [6.45, 7) is 7.72. The van der Waals surface area contributed by atoms with E-state index in [0.717, 1.165) is 55.4 Å². The highest BCUT2D eigenvalue weighted by molar-refractivity contribution is 5.78. The van der Waals surface area contributed by atoms with E-state index in [1.165, 1.54) is 5.57 Å². The molecule has 5 nitrogen and oxygen atoms in total. The van der Waals surface area contributed by atoms with Crippen LogP contribution in [0.4, 0.5) is 0 Å². The van der Waals surface area contributed by atoms with Crippen molar-refractivity contribution < 1.29 is 24.5 Å². The number of ether oxygens (including phenoxy) is 2. The fourth-order valence-electron chi connectivity index (χ4n) is 4.06. The van der Waals surface area contributed by atoms with Crippen LogP contribution in [-0.2, 0) is 11.2 Å². The van der Waals surface area contributed by atoms with Crippen LogP contribution in [0.3, 0.4) is 0 Å². The second-order valence-electron chi connectivity index (χ2n) is 7.83. The van der Waals surface area contributed by atoms with Crippen molar-refractivity contribution in [3.63, 3.8) is 0 Å². The Hall–Kier alpha value is -2.11. The average Bonchev–Trinajstić information content (AvgIpc) is 2.67. The summed E-state index contributed by atoms with van der Waals surface area (Å²) < 4.78 is 11.6. The molecule has 0 fully saturated rings. The average molecular weight is 386 g/mol. The fourth-order valence-corrected chi connectivity index (χ4v) is 4.06. The molecule has 0 radical (unpaired) electrons. The molecule has 1 aliphatic carbocycles. The SMILES string of the molecule is C=C1Oc2cc(CCCCC)cc(OC(=O)[C@H](O)CO)c2[C@@H]2C=C(C)CC[C@@H]12. The maximum atomic E-state index is 12.2. The van der Waals surface area contributed by atoms with Crippen LogP contribution < -0.4 is 9.47 Å². The lowest BCUT2D eigenvalue weighted by Gasteiger charge is -2.37. The Morgan fingerprint density at radius 2 is 2.18 bits per heavy atom. The van der Waals surface area contributed by atoms with Gasteiger partial charge in [-0.1, -0.05) is 38.0 Å². The first kappa shape index (κ1) is 20.6. The van der Waals surface area contributed by atoms with E-state index < -0.39 is 18.7 Å². The van der Waals surface area contributed by atoms with Crippen LogP contribution in [-0.4, -0.2) is 28.9 Å². The van der Waals surface area contributed by atoms with Crippen molar-refractivity contribution in [1.82, 2.24) is 0 Å². The van der Waals surface area contributed by atoms with Crippen LogP contribution in [0.1, 0.15) is 63.0 Å². The van der Waals surface area contributed by atoms with Gasteiger partial charge in [0, 0.05) is 17.4 Å². The number of fused-ring (bicyclic) bond motifs is 3. The number of aliphatic hydroxyl groups is 2. The summed E-state index contributed by atoms with van der Waals surface area (Å²) in [5.41, 5.74) is 3.15. The van der Waals surface area contributed by atoms with Crippen LogP contribution in [0.2, 0.25) is 0 Å². The Bertz CT molecular complexity index is 779. The van der Waals surface area contributed by atoms with Gasteiger partial charge >= 0.3 is 5.97 Å². The lowest BCUT2D eigenvalue weighted by atomic mass is 9.74. The Labute approximate surface area is 166 Å². The third-order valence-corrected chi connectivity index (χ3v) is 5.62. The van der Waals surface area contributed by atoms with Crippen molar-refractivity contribution in [2.75, 3.05) is 6.61 Å². The van der Waals surface area contributed by atoms with E-state index in [4.69, 9.17) is 14.6 Å². The van der Waals surface area contributed by atoms with E-state index in [1.807, 2.05) is 12.1 Å². The first-order valence-corrected chi connectivity index (χ1v) is 10.2. The van der Waals surface area contributed by atoms with E-state index in [2.05, 4.69) is 26.5 Å². The summed E-state index contributed by atoms with van der Waals surface area (Å²) in [6, 6.07) is 3.90. The zero-order chi connectivity index (χ0) is 20.3. The van der Waals surface area contributed by atoms with Gasteiger partial charge in [-0.25, -0.2) is 4.79 Å². The largest absolute Gasteiger partial charge is 0.462 e. The topological polar surface area (TPSA) is 76.0 Å². The third kappa shape index (κ3) is 4.31.